The number of anilines is 1. The van der Waals surface area contributed by atoms with E-state index in [1.54, 1.807) is 19.2 Å². The Bertz CT molecular complexity index is 1230. The van der Waals surface area contributed by atoms with Crippen molar-refractivity contribution < 1.29 is 37.7 Å². The number of aromatic hydroxyl groups is 1. The summed E-state index contributed by atoms with van der Waals surface area (Å²) < 4.78 is 42.3. The summed E-state index contributed by atoms with van der Waals surface area (Å²) in [6, 6.07) is 11.2. The Kier molecular flexibility index (Phi) is 7.23. The van der Waals surface area contributed by atoms with Crippen LogP contribution < -0.4 is 19.8 Å². The van der Waals surface area contributed by atoms with Gasteiger partial charge in [0.05, 0.1) is 30.8 Å². The van der Waals surface area contributed by atoms with Gasteiger partial charge in [0.1, 0.15) is 0 Å². The summed E-state index contributed by atoms with van der Waals surface area (Å²) in [4.78, 5) is 27.1. The Morgan fingerprint density at radius 2 is 1.56 bits per heavy atom. The van der Waals surface area contributed by atoms with Gasteiger partial charge in [-0.05, 0) is 31.0 Å². The highest BCUT2D eigenvalue weighted by molar-refractivity contribution is 5.87. The second-order valence-corrected chi connectivity index (χ2v) is 7.47. The van der Waals surface area contributed by atoms with Gasteiger partial charge in [-0.15, -0.1) is 0 Å². The van der Waals surface area contributed by atoms with E-state index in [1.165, 1.54) is 20.0 Å². The normalized spacial score (nSPS) is 13.4. The molecule has 0 aliphatic carbocycles. The van der Waals surface area contributed by atoms with Gasteiger partial charge in [0, 0.05) is 30.4 Å². The minimum absolute atomic E-state index is 0.302. The highest BCUT2D eigenvalue weighted by Crippen LogP contribution is 2.34. The maximum Gasteiger partial charge on any atom is 0.490 e. The number of H-pyrrole nitrogens is 1. The van der Waals surface area contributed by atoms with E-state index in [0.29, 0.717) is 28.1 Å². The number of alkyl halides is 3. The number of aliphatic carboxylic acids is 1. The molecule has 0 spiro atoms. The molecule has 2 heterocycles. The summed E-state index contributed by atoms with van der Waals surface area (Å²) in [5.41, 5.74) is 2.44. The van der Waals surface area contributed by atoms with Crippen molar-refractivity contribution in [1.82, 2.24) is 4.98 Å². The Balaban J connectivity index is 0.000000406. The van der Waals surface area contributed by atoms with Crippen LogP contribution in [0.25, 0.3) is 22.2 Å². The Morgan fingerprint density at radius 3 is 2.06 bits per heavy atom. The lowest BCUT2D eigenvalue weighted by Gasteiger charge is -2.18. The summed E-state index contributed by atoms with van der Waals surface area (Å²) in [6.45, 7) is 2.14. The molecule has 11 heteroatoms. The summed E-state index contributed by atoms with van der Waals surface area (Å²) >= 11 is 0. The van der Waals surface area contributed by atoms with Crippen LogP contribution in [0.1, 0.15) is 12.8 Å². The maximum absolute atomic E-state index is 12.7. The molecular formula is C23H23F3N2O6. The number of aromatic amines is 1. The first-order valence-corrected chi connectivity index (χ1v) is 10.2. The topological polar surface area (TPSA) is 112 Å². The summed E-state index contributed by atoms with van der Waals surface area (Å²) in [7, 11) is 3.05. The predicted octanol–water partition coefficient (Wildman–Crippen LogP) is 4.15. The largest absolute Gasteiger partial charge is 0.503 e. The van der Waals surface area contributed by atoms with Crippen LogP contribution in [-0.4, -0.2) is 54.7 Å². The third-order valence-corrected chi connectivity index (χ3v) is 5.35. The third-order valence-electron chi connectivity index (χ3n) is 5.35. The fraction of sp³-hybridized carbons (Fsp3) is 0.304. The molecule has 34 heavy (non-hydrogen) atoms. The first-order valence-electron chi connectivity index (χ1n) is 10.2. The number of carboxylic acid groups (broad SMARTS) is 1. The zero-order valence-corrected chi connectivity index (χ0v) is 18.4. The monoisotopic (exact) mass is 480 g/mol. The first-order chi connectivity index (χ1) is 16.1. The number of nitrogens with zero attached hydrogens (tertiary/aromatic N) is 1. The van der Waals surface area contributed by atoms with E-state index in [4.69, 9.17) is 19.4 Å². The minimum Gasteiger partial charge on any atom is -0.503 e. The number of nitrogens with one attached hydrogen (secondary N) is 1. The van der Waals surface area contributed by atoms with E-state index in [9.17, 15) is 23.1 Å². The molecule has 0 amide bonds. The highest BCUT2D eigenvalue weighted by Gasteiger charge is 2.38. The Morgan fingerprint density at radius 1 is 1.03 bits per heavy atom. The van der Waals surface area contributed by atoms with E-state index in [1.807, 2.05) is 24.3 Å². The molecule has 0 radical (unpaired) electrons. The van der Waals surface area contributed by atoms with Crippen LogP contribution >= 0.6 is 0 Å². The number of hydrogen-bond acceptors (Lipinski definition) is 6. The Labute approximate surface area is 192 Å². The van der Waals surface area contributed by atoms with Crippen molar-refractivity contribution in [1.29, 1.82) is 0 Å². The molecule has 8 nitrogen and oxygen atoms in total. The van der Waals surface area contributed by atoms with E-state index < -0.39 is 17.6 Å². The van der Waals surface area contributed by atoms with Crippen molar-refractivity contribution in [3.05, 3.63) is 46.6 Å². The fourth-order valence-electron chi connectivity index (χ4n) is 3.63. The van der Waals surface area contributed by atoms with Gasteiger partial charge < -0.3 is 29.6 Å². The SMILES string of the molecule is COc1cc2[nH]c(-c3ccc(N4CCCC4)cc3)c(O)c(=O)c2cc1OC.O=C(O)C(F)(F)F. The number of carboxylic acids is 1. The highest BCUT2D eigenvalue weighted by atomic mass is 19.4. The van der Waals surface area contributed by atoms with Gasteiger partial charge in [0.15, 0.2) is 17.2 Å². The molecule has 2 aromatic carbocycles. The molecule has 3 N–H and O–H groups in total. The number of halogens is 3. The van der Waals surface area contributed by atoms with Gasteiger partial charge in [-0.2, -0.15) is 13.2 Å². The summed E-state index contributed by atoms with van der Waals surface area (Å²) in [5, 5.41) is 18.0. The molecule has 1 aliphatic heterocycles. The molecule has 4 rings (SSSR count). The lowest BCUT2D eigenvalue weighted by atomic mass is 10.1. The van der Waals surface area contributed by atoms with Gasteiger partial charge in [-0.1, -0.05) is 12.1 Å². The van der Waals surface area contributed by atoms with Crippen molar-refractivity contribution in [3.8, 4) is 28.5 Å². The number of fused-ring (bicyclic) bond motifs is 1. The van der Waals surface area contributed by atoms with Crippen LogP contribution in [0, 0.1) is 0 Å². The molecule has 1 aliphatic rings. The zero-order valence-electron chi connectivity index (χ0n) is 18.4. The second kappa shape index (κ2) is 9.94. The molecule has 0 saturated carbocycles. The molecule has 1 aromatic heterocycles. The number of benzene rings is 2. The predicted molar refractivity (Wildman–Crippen MR) is 120 cm³/mol. The lowest BCUT2D eigenvalue weighted by molar-refractivity contribution is -0.192. The summed E-state index contributed by atoms with van der Waals surface area (Å²) in [5.74, 6) is -2.10. The van der Waals surface area contributed by atoms with Gasteiger partial charge >= 0.3 is 12.1 Å². The molecule has 182 valence electrons. The van der Waals surface area contributed by atoms with E-state index >= 15 is 0 Å². The summed E-state index contributed by atoms with van der Waals surface area (Å²) in [6.07, 6.45) is -2.66. The minimum atomic E-state index is -5.08. The zero-order chi connectivity index (χ0) is 25.0. The molecule has 0 unspecified atom stereocenters. The van der Waals surface area contributed by atoms with Crippen molar-refractivity contribution in [2.24, 2.45) is 0 Å². The number of carbonyl (C=O) groups is 1. The smallest absolute Gasteiger partial charge is 0.490 e. The molecule has 1 fully saturated rings. The van der Waals surface area contributed by atoms with Gasteiger partial charge in [-0.3, -0.25) is 4.79 Å². The van der Waals surface area contributed by atoms with Crippen LogP contribution in [-0.2, 0) is 4.79 Å². The van der Waals surface area contributed by atoms with Gasteiger partial charge in [-0.25, -0.2) is 4.79 Å². The third kappa shape index (κ3) is 5.19. The van der Waals surface area contributed by atoms with Crippen LogP contribution in [0.15, 0.2) is 41.2 Å². The van der Waals surface area contributed by atoms with Gasteiger partial charge in [0.25, 0.3) is 0 Å². The van der Waals surface area contributed by atoms with Crippen LogP contribution in [0.5, 0.6) is 17.2 Å². The van der Waals surface area contributed by atoms with Crippen molar-refractivity contribution in [2.75, 3.05) is 32.2 Å². The number of methoxy groups -OCH3 is 2. The van der Waals surface area contributed by atoms with Crippen LogP contribution in [0.3, 0.4) is 0 Å². The van der Waals surface area contributed by atoms with Crippen molar-refractivity contribution in [2.45, 2.75) is 19.0 Å². The number of ether oxygens (including phenoxy) is 2. The quantitative estimate of drug-likeness (QED) is 0.514. The molecule has 0 atom stereocenters. The average molecular weight is 480 g/mol. The number of rotatable bonds is 4. The Hall–Kier alpha value is -3.89. The van der Waals surface area contributed by atoms with Gasteiger partial charge in [0.2, 0.25) is 5.43 Å². The second-order valence-electron chi connectivity index (χ2n) is 7.47. The maximum atomic E-state index is 12.7. The van der Waals surface area contributed by atoms with E-state index in [2.05, 4.69) is 9.88 Å². The fourth-order valence-corrected chi connectivity index (χ4v) is 3.63. The number of aromatic nitrogens is 1. The van der Waals surface area contributed by atoms with Crippen LogP contribution in [0.2, 0.25) is 0 Å². The number of pyridine rings is 1. The molecule has 1 saturated heterocycles. The van der Waals surface area contributed by atoms with E-state index in [-0.39, 0.29) is 5.75 Å². The molecular weight excluding hydrogens is 457 g/mol. The number of hydrogen-bond donors (Lipinski definition) is 3. The molecule has 3 aromatic rings. The van der Waals surface area contributed by atoms with E-state index in [0.717, 1.165) is 24.3 Å². The first kappa shape index (κ1) is 24.7. The van der Waals surface area contributed by atoms with Crippen molar-refractivity contribution in [3.63, 3.8) is 0 Å². The average Bonchev–Trinajstić information content (AvgIpc) is 3.35. The van der Waals surface area contributed by atoms with Crippen molar-refractivity contribution >= 4 is 22.6 Å². The molecule has 0 bridgehead atoms. The lowest BCUT2D eigenvalue weighted by Crippen LogP contribution is -2.21. The van der Waals surface area contributed by atoms with Crippen LogP contribution in [0.4, 0.5) is 18.9 Å². The standard InChI is InChI=1S/C21H22N2O4.C2HF3O2/c1-26-17-11-15-16(12-18(17)27-2)22-19(21(25)20(15)24)13-5-7-14(8-6-13)23-9-3-4-10-23;3-2(4,5)1(6)7/h5-8,11-12,25H,3-4,9-10H2,1-2H3,(H,22,24);(H,6,7).